The minimum atomic E-state index is -2.67. The molecule has 0 fully saturated rings. The van der Waals surface area contributed by atoms with Crippen molar-refractivity contribution in [3.8, 4) is 0 Å². The summed E-state index contributed by atoms with van der Waals surface area (Å²) in [6.45, 7) is 5.48. The standard InChI is InChI=1S/C41H73NO5.2K/c1-3-5-7-9-11-13-15-17-19-21-23-25-27-32-36-42(47-41(39(43)44,40(45)46)38-34-30-29-31-35-38)37-33-28-26-24-22-20-18-16-14-12-10-8-6-4-2;;/h29-31,34-35H,3-28,32-33,36-37H2,1-2H3,(H,43,44)(H,45,46);;/q;2*+1/p-2. The Kier molecular flexibility index (Phi) is 40.3. The molecule has 1 aromatic carbocycles. The van der Waals surface area contributed by atoms with Crippen LogP contribution in [0.4, 0.5) is 0 Å². The van der Waals surface area contributed by atoms with E-state index in [9.17, 15) is 19.8 Å². The molecule has 0 amide bonds. The number of carbonyl (C=O) groups excluding carboxylic acids is 2. The number of carboxylic acids is 2. The molecule has 6 nitrogen and oxygen atoms in total. The number of nitrogens with zero attached hydrogens (tertiary/aromatic N) is 1. The topological polar surface area (TPSA) is 92.7 Å². The van der Waals surface area contributed by atoms with Crippen molar-refractivity contribution >= 4 is 11.9 Å². The van der Waals surface area contributed by atoms with E-state index in [4.69, 9.17) is 4.84 Å². The van der Waals surface area contributed by atoms with E-state index >= 15 is 0 Å². The van der Waals surface area contributed by atoms with E-state index in [1.165, 1.54) is 153 Å². The molecule has 1 rings (SSSR count). The molecule has 272 valence electrons. The second-order valence-electron chi connectivity index (χ2n) is 13.8. The summed E-state index contributed by atoms with van der Waals surface area (Å²) in [6, 6.07) is 7.81. The average molecular weight is 736 g/mol. The van der Waals surface area contributed by atoms with E-state index in [1.807, 2.05) is 0 Å². The van der Waals surface area contributed by atoms with Crippen LogP contribution in [0.15, 0.2) is 30.3 Å². The molecule has 0 aliphatic heterocycles. The SMILES string of the molecule is CCCCCCCCCCCCCCCCN(CCCCCCCCCCCCCCCC)OC(C(=O)[O-])(C(=O)[O-])c1ccccc1.[K+].[K+]. The van der Waals surface area contributed by atoms with Crippen LogP contribution in [0.1, 0.15) is 199 Å². The molecule has 0 aliphatic rings. The number of carboxylic acid groups (broad SMARTS) is 2. The van der Waals surface area contributed by atoms with E-state index in [0.29, 0.717) is 13.1 Å². The summed E-state index contributed by atoms with van der Waals surface area (Å²) < 4.78 is 0. The minimum absolute atomic E-state index is 0. The predicted molar refractivity (Wildman–Crippen MR) is 191 cm³/mol. The molecule has 0 saturated carbocycles. The summed E-state index contributed by atoms with van der Waals surface area (Å²) >= 11 is 0. The molecule has 0 atom stereocenters. The zero-order valence-electron chi connectivity index (χ0n) is 32.6. The monoisotopic (exact) mass is 735 g/mol. The van der Waals surface area contributed by atoms with Crippen molar-refractivity contribution in [2.75, 3.05) is 13.1 Å². The van der Waals surface area contributed by atoms with E-state index < -0.39 is 17.5 Å². The van der Waals surface area contributed by atoms with Gasteiger partial charge in [0.15, 0.2) is 5.60 Å². The summed E-state index contributed by atoms with van der Waals surface area (Å²) in [7, 11) is 0. The molecule has 0 radical (unpaired) electrons. The van der Waals surface area contributed by atoms with Gasteiger partial charge in [-0.25, -0.2) is 0 Å². The number of rotatable bonds is 35. The molecule has 8 heteroatoms. The second-order valence-corrected chi connectivity index (χ2v) is 13.8. The van der Waals surface area contributed by atoms with Gasteiger partial charge in [-0.3, -0.25) is 4.84 Å². The summed E-state index contributed by atoms with van der Waals surface area (Å²) in [6.07, 6.45) is 35.0. The Morgan fingerprint density at radius 2 is 0.755 bits per heavy atom. The predicted octanol–water partition coefficient (Wildman–Crippen LogP) is 3.59. The molecule has 0 aromatic heterocycles. The maximum Gasteiger partial charge on any atom is 1.00 e. The Morgan fingerprint density at radius 1 is 0.490 bits per heavy atom. The summed E-state index contributed by atoms with van der Waals surface area (Å²) in [5.74, 6) is -3.62. The van der Waals surface area contributed by atoms with Crippen LogP contribution in [0.25, 0.3) is 0 Å². The van der Waals surface area contributed by atoms with Gasteiger partial charge >= 0.3 is 103 Å². The first-order valence-corrected chi connectivity index (χ1v) is 19.9. The van der Waals surface area contributed by atoms with Crippen LogP contribution in [0.3, 0.4) is 0 Å². The number of carbonyl (C=O) groups is 2. The molecule has 0 N–H and O–H groups in total. The van der Waals surface area contributed by atoms with Gasteiger partial charge < -0.3 is 19.8 Å². The Morgan fingerprint density at radius 3 is 1.02 bits per heavy atom. The number of hydroxylamine groups is 2. The van der Waals surface area contributed by atoms with Gasteiger partial charge in [0.1, 0.15) is 0 Å². The van der Waals surface area contributed by atoms with Gasteiger partial charge in [0.05, 0.1) is 11.9 Å². The van der Waals surface area contributed by atoms with Crippen LogP contribution < -0.4 is 113 Å². The van der Waals surface area contributed by atoms with E-state index in [-0.39, 0.29) is 108 Å². The first-order chi connectivity index (χ1) is 23.0. The Bertz CT molecular complexity index is 827. The normalized spacial score (nSPS) is 11.3. The van der Waals surface area contributed by atoms with E-state index in [1.54, 1.807) is 23.3 Å². The Hall–Kier alpha value is 1.35. The van der Waals surface area contributed by atoms with Crippen molar-refractivity contribution in [2.24, 2.45) is 0 Å². The molecule has 0 bridgehead atoms. The van der Waals surface area contributed by atoms with Crippen molar-refractivity contribution in [2.45, 2.75) is 199 Å². The fourth-order valence-electron chi connectivity index (χ4n) is 6.48. The number of benzene rings is 1. The first-order valence-electron chi connectivity index (χ1n) is 19.9. The molecule has 0 unspecified atom stereocenters. The van der Waals surface area contributed by atoms with Gasteiger partial charge in [0.25, 0.3) is 0 Å². The van der Waals surface area contributed by atoms with Crippen LogP contribution in [-0.4, -0.2) is 30.1 Å². The Labute approximate surface area is 387 Å². The number of hydrogen-bond acceptors (Lipinski definition) is 6. The van der Waals surface area contributed by atoms with Crippen LogP contribution in [-0.2, 0) is 20.0 Å². The average Bonchev–Trinajstić information content (AvgIpc) is 3.07. The second kappa shape index (κ2) is 37.7. The van der Waals surface area contributed by atoms with E-state index in [0.717, 1.165) is 38.5 Å². The number of unbranched alkanes of at least 4 members (excludes halogenated alkanes) is 26. The van der Waals surface area contributed by atoms with Crippen LogP contribution in [0, 0.1) is 0 Å². The summed E-state index contributed by atoms with van der Waals surface area (Å²) in [5.41, 5.74) is -2.67. The fraction of sp³-hybridized carbons (Fsp3) is 0.805. The van der Waals surface area contributed by atoms with Gasteiger partial charge in [-0.15, -0.1) is 0 Å². The number of aliphatic carboxylic acids is 2. The van der Waals surface area contributed by atoms with Gasteiger partial charge in [-0.2, -0.15) is 5.06 Å². The third-order valence-electron chi connectivity index (χ3n) is 9.54. The molecule has 0 heterocycles. The third kappa shape index (κ3) is 26.7. The van der Waals surface area contributed by atoms with Gasteiger partial charge in [0.2, 0.25) is 0 Å². The third-order valence-corrected chi connectivity index (χ3v) is 9.54. The Balaban J connectivity index is 0. The quantitative estimate of drug-likeness (QED) is 0.0459. The van der Waals surface area contributed by atoms with Crippen LogP contribution in [0.2, 0.25) is 0 Å². The van der Waals surface area contributed by atoms with Crippen molar-refractivity contribution < 1.29 is 127 Å². The summed E-state index contributed by atoms with van der Waals surface area (Å²) in [5, 5.41) is 26.2. The van der Waals surface area contributed by atoms with Crippen molar-refractivity contribution in [3.05, 3.63) is 35.9 Å². The number of hydrogen-bond donors (Lipinski definition) is 0. The molecule has 1 aromatic rings. The van der Waals surface area contributed by atoms with Crippen molar-refractivity contribution in [1.82, 2.24) is 5.06 Å². The first kappa shape index (κ1) is 52.5. The maximum absolute atomic E-state index is 12.3. The molecular formula is C41H71K2NO5. The maximum atomic E-state index is 12.3. The zero-order chi connectivity index (χ0) is 34.3. The molecule has 49 heavy (non-hydrogen) atoms. The van der Waals surface area contributed by atoms with Crippen LogP contribution >= 0.6 is 0 Å². The molecule has 0 saturated heterocycles. The van der Waals surface area contributed by atoms with Crippen molar-refractivity contribution in [1.29, 1.82) is 0 Å². The zero-order valence-corrected chi connectivity index (χ0v) is 38.8. The smallest absolute Gasteiger partial charge is 0.546 e. The van der Waals surface area contributed by atoms with Gasteiger partial charge in [-0.1, -0.05) is 211 Å². The molecule has 0 aliphatic carbocycles. The molecule has 0 spiro atoms. The van der Waals surface area contributed by atoms with Gasteiger partial charge in [-0.05, 0) is 18.4 Å². The van der Waals surface area contributed by atoms with Gasteiger partial charge in [0, 0.05) is 13.1 Å². The summed E-state index contributed by atoms with van der Waals surface area (Å²) in [4.78, 5) is 30.5. The largest absolute Gasteiger partial charge is 1.00 e. The fourth-order valence-corrected chi connectivity index (χ4v) is 6.48. The van der Waals surface area contributed by atoms with E-state index in [2.05, 4.69) is 13.8 Å². The molecular weight excluding hydrogens is 665 g/mol. The minimum Gasteiger partial charge on any atom is -0.546 e. The van der Waals surface area contributed by atoms with Crippen LogP contribution in [0.5, 0.6) is 0 Å². The van der Waals surface area contributed by atoms with Crippen molar-refractivity contribution in [3.63, 3.8) is 0 Å².